The molecule has 24 heavy (non-hydrogen) atoms. The Morgan fingerprint density at radius 2 is 2.25 bits per heavy atom. The molecular weight excluding hydrogens is 304 g/mol. The zero-order valence-electron chi connectivity index (χ0n) is 13.7. The van der Waals surface area contributed by atoms with E-state index in [9.17, 15) is 0 Å². The van der Waals surface area contributed by atoms with Crippen molar-refractivity contribution in [3.8, 4) is 0 Å². The first-order valence-electron chi connectivity index (χ1n) is 8.43. The van der Waals surface area contributed by atoms with Gasteiger partial charge in [-0.05, 0) is 25.0 Å². The topological polar surface area (TPSA) is 60.5 Å². The molecule has 0 N–H and O–H groups in total. The fourth-order valence-electron chi connectivity index (χ4n) is 3.85. The van der Waals surface area contributed by atoms with Gasteiger partial charge in [-0.3, -0.25) is 4.90 Å². The average molecular weight is 324 g/mol. The molecule has 124 valence electrons. The van der Waals surface area contributed by atoms with E-state index in [0.29, 0.717) is 6.61 Å². The molecule has 1 fully saturated rings. The number of ether oxygens (including phenoxy) is 1. The molecule has 0 radical (unpaired) electrons. The number of hydrogen-bond donors (Lipinski definition) is 0. The van der Waals surface area contributed by atoms with Gasteiger partial charge in [-0.1, -0.05) is 11.3 Å². The van der Waals surface area contributed by atoms with Crippen LogP contribution < -0.4 is 0 Å². The Balaban J connectivity index is 1.36. The molecule has 2 aliphatic rings. The molecule has 0 aromatic carbocycles. The third-order valence-electron chi connectivity index (χ3n) is 5.05. The third-order valence-corrected chi connectivity index (χ3v) is 5.05. The van der Waals surface area contributed by atoms with Gasteiger partial charge >= 0.3 is 0 Å². The molecule has 1 saturated heterocycles. The van der Waals surface area contributed by atoms with Gasteiger partial charge in [0.05, 0.1) is 36.3 Å². The number of aromatic nitrogens is 5. The molecule has 0 bridgehead atoms. The van der Waals surface area contributed by atoms with Crippen molar-refractivity contribution in [1.29, 1.82) is 0 Å². The van der Waals surface area contributed by atoms with Crippen LogP contribution in [0.4, 0.5) is 0 Å². The van der Waals surface area contributed by atoms with E-state index in [2.05, 4.69) is 51.1 Å². The van der Waals surface area contributed by atoms with E-state index < -0.39 is 0 Å². The highest BCUT2D eigenvalue weighted by molar-refractivity contribution is 5.41. The van der Waals surface area contributed by atoms with Gasteiger partial charge in [-0.15, -0.1) is 5.10 Å². The van der Waals surface area contributed by atoms with E-state index in [4.69, 9.17) is 9.72 Å². The number of likely N-dealkylation sites (tertiary alicyclic amines) is 1. The van der Waals surface area contributed by atoms with Crippen LogP contribution >= 0.6 is 0 Å². The third kappa shape index (κ3) is 2.32. The summed E-state index contributed by atoms with van der Waals surface area (Å²) in [5.41, 5.74) is 4.42. The summed E-state index contributed by atoms with van der Waals surface area (Å²) in [5, 5.41) is 8.31. The summed E-state index contributed by atoms with van der Waals surface area (Å²) < 4.78 is 10.1. The largest absolute Gasteiger partial charge is 0.370 e. The maximum Gasteiger partial charge on any atom is 0.137 e. The predicted octanol–water partition coefficient (Wildman–Crippen LogP) is 1.58. The minimum atomic E-state index is 0.249. The van der Waals surface area contributed by atoms with Crippen LogP contribution in [0.5, 0.6) is 0 Å². The van der Waals surface area contributed by atoms with Crippen molar-refractivity contribution < 1.29 is 4.74 Å². The first-order chi connectivity index (χ1) is 11.8. The van der Waals surface area contributed by atoms with E-state index >= 15 is 0 Å². The lowest BCUT2D eigenvalue weighted by Gasteiger charge is -2.40. The summed E-state index contributed by atoms with van der Waals surface area (Å²) in [4.78, 5) is 7.18. The molecule has 0 aliphatic carbocycles. The molecule has 7 nitrogen and oxygen atoms in total. The average Bonchev–Trinajstić information content (AvgIpc) is 3.20. The minimum absolute atomic E-state index is 0.249. The normalized spacial score (nSPS) is 24.0. The SMILES string of the molecule is Cc1ccc2nc(CN3CC[C@H]4OCc5cnnn5[C@@H]4C3)cn2c1. The van der Waals surface area contributed by atoms with Gasteiger partial charge in [0.2, 0.25) is 0 Å². The van der Waals surface area contributed by atoms with Gasteiger partial charge in [-0.25, -0.2) is 9.67 Å². The van der Waals surface area contributed by atoms with Crippen molar-refractivity contribution in [3.63, 3.8) is 0 Å². The lowest BCUT2D eigenvalue weighted by Crippen LogP contribution is -2.47. The number of fused-ring (bicyclic) bond motifs is 4. The number of aryl methyl sites for hydroxylation is 1. The fourth-order valence-corrected chi connectivity index (χ4v) is 3.85. The van der Waals surface area contributed by atoms with E-state index in [1.54, 1.807) is 6.20 Å². The molecule has 3 aromatic heterocycles. The highest BCUT2D eigenvalue weighted by Gasteiger charge is 2.36. The lowest BCUT2D eigenvalue weighted by molar-refractivity contribution is -0.0671. The number of piperidine rings is 1. The molecule has 0 amide bonds. The van der Waals surface area contributed by atoms with Gasteiger partial charge in [0.15, 0.2) is 0 Å². The van der Waals surface area contributed by atoms with Gasteiger partial charge in [0, 0.05) is 32.0 Å². The Kier molecular flexibility index (Phi) is 3.17. The fraction of sp³-hybridized carbons (Fsp3) is 0.471. The molecular formula is C17H20N6O. The second kappa shape index (κ2) is 5.39. The van der Waals surface area contributed by atoms with Crippen LogP contribution in [0.25, 0.3) is 5.65 Å². The van der Waals surface area contributed by atoms with Gasteiger partial charge < -0.3 is 9.14 Å². The standard InChI is InChI=1S/C17H20N6O/c1-12-2-3-17-19-13(9-22(17)7-12)8-21-5-4-16-15(10-21)23-14(11-24-16)6-18-20-23/h2-3,6-7,9,15-16H,4-5,8,10-11H2,1H3/t15-,16-/m1/s1. The van der Waals surface area contributed by atoms with Gasteiger partial charge in [0.1, 0.15) is 5.65 Å². The van der Waals surface area contributed by atoms with Crippen LogP contribution in [-0.4, -0.2) is 48.5 Å². The van der Waals surface area contributed by atoms with E-state index in [0.717, 1.165) is 43.1 Å². The van der Waals surface area contributed by atoms with Crippen molar-refractivity contribution in [2.24, 2.45) is 0 Å². The number of rotatable bonds is 2. The van der Waals surface area contributed by atoms with Crippen molar-refractivity contribution in [1.82, 2.24) is 29.3 Å². The van der Waals surface area contributed by atoms with Crippen molar-refractivity contribution >= 4 is 5.65 Å². The number of imidazole rings is 1. The van der Waals surface area contributed by atoms with Crippen LogP contribution in [0.1, 0.15) is 29.4 Å². The van der Waals surface area contributed by atoms with Crippen molar-refractivity contribution in [3.05, 3.63) is 47.7 Å². The molecule has 5 heterocycles. The Morgan fingerprint density at radius 3 is 3.21 bits per heavy atom. The molecule has 0 saturated carbocycles. The molecule has 2 aliphatic heterocycles. The predicted molar refractivity (Wildman–Crippen MR) is 87.5 cm³/mol. The highest BCUT2D eigenvalue weighted by Crippen LogP contribution is 2.30. The summed E-state index contributed by atoms with van der Waals surface area (Å²) in [5.74, 6) is 0. The molecule has 0 spiro atoms. The lowest BCUT2D eigenvalue weighted by atomic mass is 10.0. The summed E-state index contributed by atoms with van der Waals surface area (Å²) >= 11 is 0. The molecule has 2 atom stereocenters. The first-order valence-corrected chi connectivity index (χ1v) is 8.43. The Morgan fingerprint density at radius 1 is 1.29 bits per heavy atom. The summed E-state index contributed by atoms with van der Waals surface area (Å²) in [7, 11) is 0. The van der Waals surface area contributed by atoms with Crippen molar-refractivity contribution in [2.75, 3.05) is 13.1 Å². The minimum Gasteiger partial charge on any atom is -0.370 e. The Hall–Kier alpha value is -2.25. The summed E-state index contributed by atoms with van der Waals surface area (Å²) in [6, 6.07) is 4.43. The molecule has 7 heteroatoms. The monoisotopic (exact) mass is 324 g/mol. The zero-order chi connectivity index (χ0) is 16.1. The van der Waals surface area contributed by atoms with Crippen LogP contribution in [-0.2, 0) is 17.9 Å². The van der Waals surface area contributed by atoms with Crippen LogP contribution in [0.15, 0.2) is 30.7 Å². The second-order valence-electron chi connectivity index (χ2n) is 6.81. The van der Waals surface area contributed by atoms with E-state index in [1.807, 2.05) is 4.68 Å². The van der Waals surface area contributed by atoms with E-state index in [1.165, 1.54) is 5.56 Å². The molecule has 0 unspecified atom stereocenters. The summed E-state index contributed by atoms with van der Waals surface area (Å²) in [6.07, 6.45) is 7.33. The number of hydrogen-bond acceptors (Lipinski definition) is 5. The van der Waals surface area contributed by atoms with Crippen LogP contribution in [0.3, 0.4) is 0 Å². The Bertz CT molecular complexity index is 884. The quantitative estimate of drug-likeness (QED) is 0.716. The van der Waals surface area contributed by atoms with Crippen LogP contribution in [0, 0.1) is 6.92 Å². The van der Waals surface area contributed by atoms with Crippen LogP contribution in [0.2, 0.25) is 0 Å². The summed E-state index contributed by atoms with van der Waals surface area (Å²) in [6.45, 7) is 5.53. The molecule has 5 rings (SSSR count). The second-order valence-corrected chi connectivity index (χ2v) is 6.81. The number of pyridine rings is 1. The maximum atomic E-state index is 5.98. The first kappa shape index (κ1) is 14.1. The van der Waals surface area contributed by atoms with Gasteiger partial charge in [-0.2, -0.15) is 0 Å². The van der Waals surface area contributed by atoms with E-state index in [-0.39, 0.29) is 12.1 Å². The van der Waals surface area contributed by atoms with Crippen molar-refractivity contribution in [2.45, 2.75) is 38.6 Å². The smallest absolute Gasteiger partial charge is 0.137 e. The highest BCUT2D eigenvalue weighted by atomic mass is 16.5. The molecule has 3 aromatic rings. The number of nitrogens with zero attached hydrogens (tertiary/aromatic N) is 6. The van der Waals surface area contributed by atoms with Gasteiger partial charge in [0.25, 0.3) is 0 Å². The maximum absolute atomic E-state index is 5.98. The Labute approximate surface area is 139 Å². The zero-order valence-corrected chi connectivity index (χ0v) is 13.7.